The van der Waals surface area contributed by atoms with E-state index in [-0.39, 0.29) is 6.10 Å². The van der Waals surface area contributed by atoms with Gasteiger partial charge in [0, 0.05) is 0 Å². The summed E-state index contributed by atoms with van der Waals surface area (Å²) in [4.78, 5) is 0. The molecule has 1 nitrogen and oxygen atoms in total. The zero-order valence-corrected chi connectivity index (χ0v) is 19.7. The molecule has 5 aliphatic rings. The van der Waals surface area contributed by atoms with Crippen molar-refractivity contribution in [2.24, 2.45) is 52.3 Å². The highest BCUT2D eigenvalue weighted by molar-refractivity contribution is 5.09. The van der Waals surface area contributed by atoms with Gasteiger partial charge in [0.2, 0.25) is 0 Å². The first-order valence-corrected chi connectivity index (χ1v) is 13.6. The maximum Gasteiger partial charge on any atom is 0.0543 e. The molecule has 0 aromatic carbocycles. The third-order valence-corrected chi connectivity index (χ3v) is 11.9. The number of hydrogen-bond donors (Lipinski definition) is 1. The fourth-order valence-corrected chi connectivity index (χ4v) is 10.2. The van der Waals surface area contributed by atoms with Crippen molar-refractivity contribution in [3.8, 4) is 0 Å². The van der Waals surface area contributed by atoms with Gasteiger partial charge in [-0.3, -0.25) is 0 Å². The van der Waals surface area contributed by atoms with Crippen LogP contribution >= 0.6 is 0 Å². The zero-order valence-electron chi connectivity index (χ0n) is 19.7. The summed E-state index contributed by atoms with van der Waals surface area (Å²) in [5.74, 6) is 6.77. The van der Waals surface area contributed by atoms with Crippen LogP contribution in [0.25, 0.3) is 0 Å². The molecule has 5 saturated carbocycles. The fourth-order valence-electron chi connectivity index (χ4n) is 10.2. The first-order valence-electron chi connectivity index (χ1n) is 13.6. The van der Waals surface area contributed by atoms with Crippen LogP contribution in [-0.4, -0.2) is 11.2 Å². The van der Waals surface area contributed by atoms with Gasteiger partial charge < -0.3 is 5.11 Å². The van der Waals surface area contributed by atoms with E-state index in [1.807, 2.05) is 0 Å². The highest BCUT2D eigenvalue weighted by atomic mass is 16.3. The van der Waals surface area contributed by atoms with Crippen molar-refractivity contribution in [3.63, 3.8) is 0 Å². The molecule has 0 radical (unpaired) electrons. The van der Waals surface area contributed by atoms with Crippen molar-refractivity contribution >= 4 is 0 Å². The minimum atomic E-state index is -0.00457. The van der Waals surface area contributed by atoms with Crippen molar-refractivity contribution in [2.45, 2.75) is 123 Å². The van der Waals surface area contributed by atoms with Crippen molar-refractivity contribution < 1.29 is 5.11 Å². The van der Waals surface area contributed by atoms with Crippen LogP contribution in [0, 0.1) is 52.3 Å². The highest BCUT2D eigenvalue weighted by Crippen LogP contribution is 2.68. The van der Waals surface area contributed by atoms with Crippen LogP contribution in [0.2, 0.25) is 0 Å². The van der Waals surface area contributed by atoms with E-state index < -0.39 is 0 Å². The van der Waals surface area contributed by atoms with E-state index in [4.69, 9.17) is 0 Å². The topological polar surface area (TPSA) is 20.2 Å². The van der Waals surface area contributed by atoms with Gasteiger partial charge >= 0.3 is 0 Å². The summed E-state index contributed by atoms with van der Waals surface area (Å²) in [7, 11) is 0. The second-order valence-corrected chi connectivity index (χ2v) is 13.0. The lowest BCUT2D eigenvalue weighted by atomic mass is 9.44. The predicted octanol–water partition coefficient (Wildman–Crippen LogP) is 7.61. The van der Waals surface area contributed by atoms with E-state index in [2.05, 4.69) is 20.8 Å². The van der Waals surface area contributed by atoms with Crippen molar-refractivity contribution in [1.82, 2.24) is 0 Å². The summed E-state index contributed by atoms with van der Waals surface area (Å²) in [6.45, 7) is 8.00. The standard InChI is InChI=1S/C28H48O/c1-19(8-9-20-6-4-5-7-20)24-12-13-25-23-11-10-21-18-22(29)14-16-27(21,2)26(23)15-17-28(24,25)3/h19-26,29H,4-18H2,1-3H3/t19-,21?,22+,23+,24-,25+,26+,27+,28-/m1/s1. The van der Waals surface area contributed by atoms with Gasteiger partial charge in [-0.25, -0.2) is 0 Å². The third kappa shape index (κ3) is 3.44. The first-order chi connectivity index (χ1) is 13.9. The van der Waals surface area contributed by atoms with Gasteiger partial charge in [0.1, 0.15) is 0 Å². The summed E-state index contributed by atoms with van der Waals surface area (Å²) >= 11 is 0. The van der Waals surface area contributed by atoms with E-state index in [1.54, 1.807) is 0 Å². The SMILES string of the molecule is C[C@H](CCC1CCCC1)[C@H]1CC[C@H]2[C@@H]3CCC4C[C@@H](O)CC[C@]4(C)[C@H]3CC[C@]12C. The molecule has 9 atom stereocenters. The second kappa shape index (κ2) is 7.83. The van der Waals surface area contributed by atoms with E-state index >= 15 is 0 Å². The Bertz CT molecular complexity index is 579. The molecule has 1 heteroatoms. The average Bonchev–Trinajstić information content (AvgIpc) is 3.34. The van der Waals surface area contributed by atoms with Crippen LogP contribution in [0.15, 0.2) is 0 Å². The Labute approximate surface area is 180 Å². The number of rotatable bonds is 4. The van der Waals surface area contributed by atoms with Crippen LogP contribution in [0.5, 0.6) is 0 Å². The minimum absolute atomic E-state index is 0.00457. The van der Waals surface area contributed by atoms with Crippen LogP contribution in [-0.2, 0) is 0 Å². The minimum Gasteiger partial charge on any atom is -0.393 e. The number of fused-ring (bicyclic) bond motifs is 5. The molecule has 0 heterocycles. The van der Waals surface area contributed by atoms with Crippen LogP contribution < -0.4 is 0 Å². The molecule has 0 aromatic rings. The zero-order chi connectivity index (χ0) is 20.2. The van der Waals surface area contributed by atoms with Gasteiger partial charge in [0.25, 0.3) is 0 Å². The monoisotopic (exact) mass is 400 g/mol. The molecule has 5 aliphatic carbocycles. The predicted molar refractivity (Wildman–Crippen MR) is 122 cm³/mol. The Hall–Kier alpha value is -0.0400. The van der Waals surface area contributed by atoms with Gasteiger partial charge in [-0.15, -0.1) is 0 Å². The average molecular weight is 401 g/mol. The van der Waals surface area contributed by atoms with Crippen LogP contribution in [0.4, 0.5) is 0 Å². The van der Waals surface area contributed by atoms with E-state index in [1.165, 1.54) is 83.5 Å². The van der Waals surface area contributed by atoms with E-state index in [0.29, 0.717) is 10.8 Å². The smallest absolute Gasteiger partial charge is 0.0543 e. The molecule has 0 amide bonds. The molecule has 166 valence electrons. The summed E-state index contributed by atoms with van der Waals surface area (Å²) < 4.78 is 0. The molecule has 5 rings (SSSR count). The van der Waals surface area contributed by atoms with Gasteiger partial charge in [0.15, 0.2) is 0 Å². The summed E-state index contributed by atoms with van der Waals surface area (Å²) in [6.07, 6.45) is 21.5. The Balaban J connectivity index is 1.28. The normalized spacial score (nSPS) is 51.3. The van der Waals surface area contributed by atoms with Gasteiger partial charge in [-0.1, -0.05) is 59.3 Å². The molecule has 0 bridgehead atoms. The van der Waals surface area contributed by atoms with Gasteiger partial charge in [-0.2, -0.15) is 0 Å². The van der Waals surface area contributed by atoms with Gasteiger partial charge in [0.05, 0.1) is 6.10 Å². The van der Waals surface area contributed by atoms with Crippen LogP contribution in [0.1, 0.15) is 117 Å². The molecule has 29 heavy (non-hydrogen) atoms. The lowest BCUT2D eigenvalue weighted by Gasteiger charge is -2.61. The third-order valence-electron chi connectivity index (χ3n) is 11.9. The molecular formula is C28H48O. The van der Waals surface area contributed by atoms with Crippen molar-refractivity contribution in [2.75, 3.05) is 0 Å². The maximum atomic E-state index is 10.3. The summed E-state index contributed by atoms with van der Waals surface area (Å²) in [5.41, 5.74) is 1.17. The molecule has 0 spiro atoms. The van der Waals surface area contributed by atoms with Gasteiger partial charge in [-0.05, 0) is 110 Å². The molecule has 1 unspecified atom stereocenters. The molecule has 1 N–H and O–H groups in total. The number of aliphatic hydroxyl groups is 1. The Morgan fingerprint density at radius 1 is 0.828 bits per heavy atom. The molecular weight excluding hydrogens is 352 g/mol. The molecule has 5 fully saturated rings. The number of aliphatic hydroxyl groups excluding tert-OH is 1. The second-order valence-electron chi connectivity index (χ2n) is 13.0. The molecule has 0 saturated heterocycles. The number of hydrogen-bond acceptors (Lipinski definition) is 1. The Morgan fingerprint density at radius 2 is 1.55 bits per heavy atom. The maximum absolute atomic E-state index is 10.3. The Kier molecular flexibility index (Phi) is 5.62. The summed E-state index contributed by atoms with van der Waals surface area (Å²) in [5, 5.41) is 10.3. The quantitative estimate of drug-likeness (QED) is 0.514. The largest absolute Gasteiger partial charge is 0.393 e. The van der Waals surface area contributed by atoms with Crippen molar-refractivity contribution in [1.29, 1.82) is 0 Å². The fraction of sp³-hybridized carbons (Fsp3) is 1.00. The van der Waals surface area contributed by atoms with E-state index in [0.717, 1.165) is 54.3 Å². The van der Waals surface area contributed by atoms with Crippen molar-refractivity contribution in [3.05, 3.63) is 0 Å². The Morgan fingerprint density at radius 3 is 2.34 bits per heavy atom. The molecule has 0 aromatic heterocycles. The highest BCUT2D eigenvalue weighted by Gasteiger charge is 2.60. The molecule has 0 aliphatic heterocycles. The van der Waals surface area contributed by atoms with Crippen LogP contribution in [0.3, 0.4) is 0 Å². The lowest BCUT2D eigenvalue weighted by molar-refractivity contribution is -0.129. The van der Waals surface area contributed by atoms with E-state index in [9.17, 15) is 5.11 Å². The first kappa shape index (κ1) is 20.8. The summed E-state index contributed by atoms with van der Waals surface area (Å²) in [6, 6.07) is 0. The lowest BCUT2D eigenvalue weighted by Crippen LogP contribution is -2.54.